The maximum atomic E-state index is 5.81. The molecule has 1 saturated carbocycles. The fourth-order valence-electron chi connectivity index (χ4n) is 2.45. The minimum Gasteiger partial charge on any atom is -0.330 e. The lowest BCUT2D eigenvalue weighted by molar-refractivity contribution is 0.467. The van der Waals surface area contributed by atoms with Gasteiger partial charge in [0, 0.05) is 13.1 Å². The molecule has 1 aromatic rings. The summed E-state index contributed by atoms with van der Waals surface area (Å²) in [5, 5.41) is 3.57. The lowest BCUT2D eigenvalue weighted by Crippen LogP contribution is -2.29. The average Bonchev–Trinajstić information content (AvgIpc) is 3.10. The Kier molecular flexibility index (Phi) is 4.03. The lowest BCUT2D eigenvalue weighted by Gasteiger charge is -2.21. The van der Waals surface area contributed by atoms with Crippen LogP contribution in [0.1, 0.15) is 50.3 Å². The Morgan fingerprint density at radius 3 is 2.42 bits per heavy atom. The summed E-state index contributed by atoms with van der Waals surface area (Å²) in [5.74, 6) is 0. The van der Waals surface area contributed by atoms with Crippen LogP contribution in [0.15, 0.2) is 18.2 Å². The first-order chi connectivity index (χ1) is 8.86. The molecule has 1 aliphatic carbocycles. The molecular formula is C17H28N2. The summed E-state index contributed by atoms with van der Waals surface area (Å²) in [4.78, 5) is 0. The van der Waals surface area contributed by atoms with Gasteiger partial charge in [-0.1, -0.05) is 39.0 Å². The SMILES string of the molecule is Cc1cc(C(C)(C)C)ccc1CNCC1(CN)CC1. The van der Waals surface area contributed by atoms with Gasteiger partial charge < -0.3 is 11.1 Å². The highest BCUT2D eigenvalue weighted by Crippen LogP contribution is 2.43. The van der Waals surface area contributed by atoms with Gasteiger partial charge in [0.15, 0.2) is 0 Å². The maximum absolute atomic E-state index is 5.81. The highest BCUT2D eigenvalue weighted by molar-refractivity contribution is 5.34. The number of nitrogens with two attached hydrogens (primary N) is 1. The fraction of sp³-hybridized carbons (Fsp3) is 0.647. The van der Waals surface area contributed by atoms with Crippen LogP contribution >= 0.6 is 0 Å². The molecule has 0 aliphatic heterocycles. The lowest BCUT2D eigenvalue weighted by atomic mass is 9.85. The standard InChI is InChI=1S/C17H28N2/c1-13-9-15(16(2,3)4)6-5-14(13)10-19-12-17(11-18)7-8-17/h5-6,9,19H,7-8,10-12,18H2,1-4H3. The summed E-state index contributed by atoms with van der Waals surface area (Å²) < 4.78 is 0. The largest absolute Gasteiger partial charge is 0.330 e. The van der Waals surface area contributed by atoms with E-state index >= 15 is 0 Å². The van der Waals surface area contributed by atoms with Crippen LogP contribution in [0.4, 0.5) is 0 Å². The van der Waals surface area contributed by atoms with Crippen LogP contribution in [0, 0.1) is 12.3 Å². The molecule has 1 aliphatic rings. The summed E-state index contributed by atoms with van der Waals surface area (Å²) in [5.41, 5.74) is 10.7. The molecule has 0 bridgehead atoms. The summed E-state index contributed by atoms with van der Waals surface area (Å²) in [7, 11) is 0. The van der Waals surface area contributed by atoms with E-state index in [-0.39, 0.29) is 5.41 Å². The Bertz CT molecular complexity index is 439. The fourth-order valence-corrected chi connectivity index (χ4v) is 2.45. The van der Waals surface area contributed by atoms with Crippen molar-refractivity contribution in [3.8, 4) is 0 Å². The number of nitrogens with one attached hydrogen (secondary N) is 1. The van der Waals surface area contributed by atoms with Gasteiger partial charge >= 0.3 is 0 Å². The second kappa shape index (κ2) is 5.26. The van der Waals surface area contributed by atoms with Crippen molar-refractivity contribution in [3.05, 3.63) is 34.9 Å². The zero-order valence-corrected chi connectivity index (χ0v) is 12.8. The molecule has 0 saturated heterocycles. The molecule has 2 rings (SSSR count). The predicted molar refractivity (Wildman–Crippen MR) is 82.3 cm³/mol. The number of rotatable bonds is 5. The topological polar surface area (TPSA) is 38.0 Å². The van der Waals surface area contributed by atoms with Gasteiger partial charge in [-0.3, -0.25) is 0 Å². The Hall–Kier alpha value is -0.860. The molecule has 2 nitrogen and oxygen atoms in total. The number of aryl methyl sites for hydroxylation is 1. The molecule has 1 aromatic carbocycles. The molecule has 1 fully saturated rings. The maximum Gasteiger partial charge on any atom is 0.0208 e. The van der Waals surface area contributed by atoms with Crippen LogP contribution in [0.3, 0.4) is 0 Å². The Morgan fingerprint density at radius 1 is 1.26 bits per heavy atom. The second-order valence-electron chi connectivity index (χ2n) is 7.20. The van der Waals surface area contributed by atoms with Crippen LogP contribution in [0.25, 0.3) is 0 Å². The first-order valence-electron chi connectivity index (χ1n) is 7.37. The minimum atomic E-state index is 0.230. The van der Waals surface area contributed by atoms with Crippen molar-refractivity contribution in [2.24, 2.45) is 11.1 Å². The van der Waals surface area contributed by atoms with Gasteiger partial charge in [0.05, 0.1) is 0 Å². The molecule has 0 amide bonds. The normalized spacial score (nSPS) is 17.5. The molecule has 2 heteroatoms. The first-order valence-corrected chi connectivity index (χ1v) is 7.37. The zero-order chi connectivity index (χ0) is 14.1. The van der Waals surface area contributed by atoms with Crippen LogP contribution in [0.5, 0.6) is 0 Å². The van der Waals surface area contributed by atoms with Crippen molar-refractivity contribution in [3.63, 3.8) is 0 Å². The number of hydrogen-bond acceptors (Lipinski definition) is 2. The molecule has 0 atom stereocenters. The first kappa shape index (κ1) is 14.5. The predicted octanol–water partition coefficient (Wildman–Crippen LogP) is 3.12. The number of hydrogen-bond donors (Lipinski definition) is 2. The molecule has 0 unspecified atom stereocenters. The number of benzene rings is 1. The molecule has 0 aromatic heterocycles. The Labute approximate surface area is 117 Å². The van der Waals surface area contributed by atoms with Gasteiger partial charge in [0.1, 0.15) is 0 Å². The van der Waals surface area contributed by atoms with Gasteiger partial charge in [-0.2, -0.15) is 0 Å². The van der Waals surface area contributed by atoms with Crippen molar-refractivity contribution in [1.82, 2.24) is 5.32 Å². The summed E-state index contributed by atoms with van der Waals surface area (Å²) >= 11 is 0. The van der Waals surface area contributed by atoms with E-state index in [9.17, 15) is 0 Å². The molecule has 0 radical (unpaired) electrons. The van der Waals surface area contributed by atoms with E-state index in [1.54, 1.807) is 0 Å². The van der Waals surface area contributed by atoms with E-state index in [1.807, 2.05) is 0 Å². The smallest absolute Gasteiger partial charge is 0.0208 e. The van der Waals surface area contributed by atoms with Crippen molar-refractivity contribution >= 4 is 0 Å². The van der Waals surface area contributed by atoms with Crippen LogP contribution in [0.2, 0.25) is 0 Å². The van der Waals surface area contributed by atoms with Gasteiger partial charge in [0.25, 0.3) is 0 Å². The average molecular weight is 260 g/mol. The third-order valence-corrected chi connectivity index (χ3v) is 4.41. The van der Waals surface area contributed by atoms with Crippen molar-refractivity contribution in [2.45, 2.75) is 52.5 Å². The van der Waals surface area contributed by atoms with E-state index in [1.165, 1.54) is 29.5 Å². The minimum absolute atomic E-state index is 0.230. The van der Waals surface area contributed by atoms with Crippen molar-refractivity contribution in [1.29, 1.82) is 0 Å². The zero-order valence-electron chi connectivity index (χ0n) is 12.8. The molecule has 106 valence electrons. The Morgan fingerprint density at radius 2 is 1.95 bits per heavy atom. The van der Waals surface area contributed by atoms with Gasteiger partial charge in [0.2, 0.25) is 0 Å². The summed E-state index contributed by atoms with van der Waals surface area (Å²) in [6.45, 7) is 11.8. The second-order valence-corrected chi connectivity index (χ2v) is 7.20. The van der Waals surface area contributed by atoms with Crippen LogP contribution in [-0.2, 0) is 12.0 Å². The monoisotopic (exact) mass is 260 g/mol. The van der Waals surface area contributed by atoms with Crippen LogP contribution < -0.4 is 11.1 Å². The van der Waals surface area contributed by atoms with Crippen LogP contribution in [-0.4, -0.2) is 13.1 Å². The molecule has 0 heterocycles. The van der Waals surface area contributed by atoms with Crippen molar-refractivity contribution in [2.75, 3.05) is 13.1 Å². The highest BCUT2D eigenvalue weighted by atomic mass is 14.9. The van der Waals surface area contributed by atoms with E-state index < -0.39 is 0 Å². The molecule has 19 heavy (non-hydrogen) atoms. The summed E-state index contributed by atoms with van der Waals surface area (Å²) in [6.07, 6.45) is 2.58. The molecular weight excluding hydrogens is 232 g/mol. The van der Waals surface area contributed by atoms with E-state index in [4.69, 9.17) is 5.73 Å². The summed E-state index contributed by atoms with van der Waals surface area (Å²) in [6, 6.07) is 6.86. The Balaban J connectivity index is 1.94. The quantitative estimate of drug-likeness (QED) is 0.853. The van der Waals surface area contributed by atoms with Crippen molar-refractivity contribution < 1.29 is 0 Å². The molecule has 3 N–H and O–H groups in total. The van der Waals surface area contributed by atoms with E-state index in [0.717, 1.165) is 19.6 Å². The highest BCUT2D eigenvalue weighted by Gasteiger charge is 2.40. The third-order valence-electron chi connectivity index (χ3n) is 4.41. The van der Waals surface area contributed by atoms with Gasteiger partial charge in [-0.05, 0) is 53.8 Å². The molecule has 0 spiro atoms. The van der Waals surface area contributed by atoms with Gasteiger partial charge in [-0.25, -0.2) is 0 Å². The van der Waals surface area contributed by atoms with E-state index in [2.05, 4.69) is 51.2 Å². The van der Waals surface area contributed by atoms with E-state index in [0.29, 0.717) is 5.41 Å². The van der Waals surface area contributed by atoms with Gasteiger partial charge in [-0.15, -0.1) is 0 Å². The third kappa shape index (κ3) is 3.58.